The van der Waals surface area contributed by atoms with Crippen molar-refractivity contribution < 1.29 is 0 Å². The van der Waals surface area contributed by atoms with E-state index in [0.717, 1.165) is 5.57 Å². The Kier molecular flexibility index (Phi) is 2.78. The monoisotopic (exact) mass is 127 g/mol. The molecule has 9 heavy (non-hydrogen) atoms. The van der Waals surface area contributed by atoms with Crippen LogP contribution in [0.5, 0.6) is 0 Å². The molecule has 4 N–H and O–H groups in total. The normalized spacial score (nSPS) is 12.3. The second-order valence-electron chi connectivity index (χ2n) is 1.91. The lowest BCUT2D eigenvalue weighted by Gasteiger charge is -2.03. The molecule has 0 aromatic carbocycles. The molecule has 0 amide bonds. The number of hydrogen-bond donors (Lipinski definition) is 3. The van der Waals surface area contributed by atoms with Crippen molar-refractivity contribution in [3.63, 3.8) is 0 Å². The third-order valence-electron chi connectivity index (χ3n) is 1.24. The number of hydrogen-bond acceptors (Lipinski definition) is 3. The molecule has 0 aromatic heterocycles. The van der Waals surface area contributed by atoms with Crippen molar-refractivity contribution in [2.24, 2.45) is 5.73 Å². The summed E-state index contributed by atoms with van der Waals surface area (Å²) in [4.78, 5) is 0. The Hall–Kier alpha value is -0.990. The van der Waals surface area contributed by atoms with Gasteiger partial charge in [-0.25, -0.2) is 0 Å². The molecule has 0 heterocycles. The smallest absolute Gasteiger partial charge is 0.101 e. The zero-order valence-electron chi connectivity index (χ0n) is 6.08. The first-order chi connectivity index (χ1) is 4.09. The maximum absolute atomic E-state index is 7.16. The maximum Gasteiger partial charge on any atom is 0.101 e. The summed E-state index contributed by atoms with van der Waals surface area (Å²) in [6.07, 6.45) is 0. The van der Waals surface area contributed by atoms with E-state index in [2.05, 4.69) is 5.32 Å². The van der Waals surface area contributed by atoms with Crippen LogP contribution < -0.4 is 11.1 Å². The molecule has 3 heteroatoms. The van der Waals surface area contributed by atoms with Crippen LogP contribution >= 0.6 is 0 Å². The number of allylic oxidation sites excluding steroid dienone is 1. The van der Waals surface area contributed by atoms with Gasteiger partial charge in [0, 0.05) is 18.3 Å². The minimum atomic E-state index is 0.502. The Morgan fingerprint density at radius 1 is 1.44 bits per heavy atom. The highest BCUT2D eigenvalue weighted by atomic mass is 15.0. The molecular formula is C6H13N3. The zero-order chi connectivity index (χ0) is 7.44. The summed E-state index contributed by atoms with van der Waals surface area (Å²) in [5, 5.41) is 9.92. The van der Waals surface area contributed by atoms with E-state index in [1.165, 1.54) is 0 Å². The summed E-state index contributed by atoms with van der Waals surface area (Å²) in [5.41, 5.74) is 6.75. The Morgan fingerprint density at radius 3 is 2.00 bits per heavy atom. The molecule has 0 bridgehead atoms. The summed E-state index contributed by atoms with van der Waals surface area (Å²) in [5.74, 6) is 0.572. The van der Waals surface area contributed by atoms with Crippen molar-refractivity contribution in [1.29, 1.82) is 5.41 Å². The van der Waals surface area contributed by atoms with Gasteiger partial charge in [0.05, 0.1) is 0 Å². The molecule has 0 spiro atoms. The molecule has 0 saturated carbocycles. The molecule has 0 saturated heterocycles. The van der Waals surface area contributed by atoms with Gasteiger partial charge < -0.3 is 16.5 Å². The summed E-state index contributed by atoms with van der Waals surface area (Å²) in [6.45, 7) is 3.52. The quantitative estimate of drug-likeness (QED) is 0.471. The van der Waals surface area contributed by atoms with E-state index in [1.807, 2.05) is 6.92 Å². The van der Waals surface area contributed by atoms with Gasteiger partial charge in [-0.05, 0) is 13.8 Å². The molecule has 0 unspecified atom stereocenters. The first kappa shape index (κ1) is 8.01. The SMILES string of the molecule is CN/C(N)=C(\C)C(C)=N. The lowest BCUT2D eigenvalue weighted by Crippen LogP contribution is -2.18. The summed E-state index contributed by atoms with van der Waals surface area (Å²) in [7, 11) is 1.74. The number of rotatable bonds is 2. The van der Waals surface area contributed by atoms with Gasteiger partial charge in [0.2, 0.25) is 0 Å². The van der Waals surface area contributed by atoms with Crippen LogP contribution in [0.15, 0.2) is 11.4 Å². The fourth-order valence-electron chi connectivity index (χ4n) is 0.390. The fraction of sp³-hybridized carbons (Fsp3) is 0.500. The molecule has 3 nitrogen and oxygen atoms in total. The molecule has 0 aliphatic carbocycles. The molecule has 0 fully saturated rings. The van der Waals surface area contributed by atoms with E-state index in [4.69, 9.17) is 11.1 Å². The molecule has 0 aliphatic heterocycles. The van der Waals surface area contributed by atoms with Gasteiger partial charge in [-0.3, -0.25) is 0 Å². The third-order valence-corrected chi connectivity index (χ3v) is 1.24. The van der Waals surface area contributed by atoms with Crippen LogP contribution in [-0.4, -0.2) is 12.8 Å². The van der Waals surface area contributed by atoms with Gasteiger partial charge in [0.15, 0.2) is 0 Å². The maximum atomic E-state index is 7.16. The highest BCUT2D eigenvalue weighted by Crippen LogP contribution is 1.94. The van der Waals surface area contributed by atoms with Crippen LogP contribution in [0.4, 0.5) is 0 Å². The van der Waals surface area contributed by atoms with Crippen LogP contribution in [0.1, 0.15) is 13.8 Å². The van der Waals surface area contributed by atoms with Crippen molar-refractivity contribution >= 4 is 5.71 Å². The van der Waals surface area contributed by atoms with E-state index in [9.17, 15) is 0 Å². The first-order valence-electron chi connectivity index (χ1n) is 2.79. The average Bonchev–Trinajstić information content (AvgIpc) is 1.84. The standard InChI is InChI=1S/C6H13N3/c1-4(5(2)7)6(8)9-3/h7,9H,8H2,1-3H3/b6-4+,7-5?. The number of nitrogens with two attached hydrogens (primary N) is 1. The largest absolute Gasteiger partial charge is 0.385 e. The van der Waals surface area contributed by atoms with Crippen LogP contribution in [0.2, 0.25) is 0 Å². The van der Waals surface area contributed by atoms with Gasteiger partial charge in [-0.1, -0.05) is 0 Å². The average molecular weight is 127 g/mol. The van der Waals surface area contributed by atoms with Crippen molar-refractivity contribution in [2.45, 2.75) is 13.8 Å². The van der Waals surface area contributed by atoms with Crippen molar-refractivity contribution in [3.8, 4) is 0 Å². The topological polar surface area (TPSA) is 61.9 Å². The summed E-state index contributed by atoms with van der Waals surface area (Å²) >= 11 is 0. The lowest BCUT2D eigenvalue weighted by atomic mass is 10.2. The van der Waals surface area contributed by atoms with Gasteiger partial charge in [0.1, 0.15) is 5.82 Å². The van der Waals surface area contributed by atoms with Gasteiger partial charge >= 0.3 is 0 Å². The second-order valence-corrected chi connectivity index (χ2v) is 1.91. The van der Waals surface area contributed by atoms with E-state index < -0.39 is 0 Å². The Morgan fingerprint density at radius 2 is 1.89 bits per heavy atom. The van der Waals surface area contributed by atoms with E-state index in [1.54, 1.807) is 14.0 Å². The molecule has 0 aromatic rings. The Bertz CT molecular complexity index is 146. The van der Waals surface area contributed by atoms with Gasteiger partial charge in [-0.2, -0.15) is 0 Å². The van der Waals surface area contributed by atoms with E-state index in [0.29, 0.717) is 11.5 Å². The second kappa shape index (κ2) is 3.12. The highest BCUT2D eigenvalue weighted by molar-refractivity contribution is 5.95. The van der Waals surface area contributed by atoms with Crippen molar-refractivity contribution in [2.75, 3.05) is 7.05 Å². The van der Waals surface area contributed by atoms with Gasteiger partial charge in [0.25, 0.3) is 0 Å². The van der Waals surface area contributed by atoms with Crippen molar-refractivity contribution in [1.82, 2.24) is 5.32 Å². The van der Waals surface area contributed by atoms with Crippen LogP contribution in [0.3, 0.4) is 0 Å². The molecule has 52 valence electrons. The van der Waals surface area contributed by atoms with Crippen LogP contribution in [0, 0.1) is 5.41 Å². The van der Waals surface area contributed by atoms with Crippen LogP contribution in [0.25, 0.3) is 0 Å². The molecule has 0 aliphatic rings. The van der Waals surface area contributed by atoms with Gasteiger partial charge in [-0.15, -0.1) is 0 Å². The number of nitrogens with one attached hydrogen (secondary N) is 2. The minimum absolute atomic E-state index is 0.502. The van der Waals surface area contributed by atoms with Crippen LogP contribution in [-0.2, 0) is 0 Å². The summed E-state index contributed by atoms with van der Waals surface area (Å²) < 4.78 is 0. The molecule has 0 rings (SSSR count). The molecule has 0 atom stereocenters. The predicted molar refractivity (Wildman–Crippen MR) is 39.3 cm³/mol. The Balaban J connectivity index is 4.28. The summed E-state index contributed by atoms with van der Waals surface area (Å²) in [6, 6.07) is 0. The fourth-order valence-corrected chi connectivity index (χ4v) is 0.390. The molecular weight excluding hydrogens is 114 g/mol. The lowest BCUT2D eigenvalue weighted by molar-refractivity contribution is 0.948. The minimum Gasteiger partial charge on any atom is -0.385 e. The Labute approximate surface area is 55.4 Å². The highest BCUT2D eigenvalue weighted by Gasteiger charge is 1.95. The van der Waals surface area contributed by atoms with Crippen molar-refractivity contribution in [3.05, 3.63) is 11.4 Å². The third kappa shape index (κ3) is 2.17. The zero-order valence-corrected chi connectivity index (χ0v) is 6.08. The van der Waals surface area contributed by atoms with E-state index in [-0.39, 0.29) is 0 Å². The first-order valence-corrected chi connectivity index (χ1v) is 2.79. The van der Waals surface area contributed by atoms with E-state index >= 15 is 0 Å². The predicted octanol–water partition coefficient (Wildman–Crippen LogP) is 0.436. The molecule has 0 radical (unpaired) electrons.